The molecule has 0 saturated carbocycles. The van der Waals surface area contributed by atoms with E-state index in [1.807, 2.05) is 0 Å². The molecule has 1 nitrogen and oxygen atoms in total. The number of carbonyl (C=O) groups excluding carboxylic acids is 1. The van der Waals surface area contributed by atoms with E-state index in [0.717, 1.165) is 0 Å². The van der Waals surface area contributed by atoms with Gasteiger partial charge < -0.3 is 0 Å². The van der Waals surface area contributed by atoms with Gasteiger partial charge in [-0.15, -0.1) is 0 Å². The van der Waals surface area contributed by atoms with Crippen molar-refractivity contribution in [2.24, 2.45) is 0 Å². The number of halogens is 1. The third-order valence-electron chi connectivity index (χ3n) is 1.03. The lowest BCUT2D eigenvalue weighted by Crippen LogP contribution is -1.83. The van der Waals surface area contributed by atoms with Crippen molar-refractivity contribution in [3.05, 3.63) is 35.6 Å². The van der Waals surface area contributed by atoms with Gasteiger partial charge >= 0.3 is 0 Å². The van der Waals surface area contributed by atoms with E-state index in [9.17, 15) is 9.18 Å². The second-order valence-corrected chi connectivity index (χ2v) is 1.64. The Morgan fingerprint density at radius 3 is 2.30 bits per heavy atom. The van der Waals surface area contributed by atoms with Gasteiger partial charge in [0.05, 0.1) is 5.56 Å². The van der Waals surface area contributed by atoms with Gasteiger partial charge in [0, 0.05) is 0 Å². The van der Waals surface area contributed by atoms with E-state index < -0.39 is 5.82 Å². The normalized spacial score (nSPS) is 8.10. The van der Waals surface area contributed by atoms with Crippen molar-refractivity contribution < 1.29 is 9.18 Å². The molecule has 0 unspecified atom stereocenters. The van der Waals surface area contributed by atoms with E-state index >= 15 is 0 Å². The summed E-state index contributed by atoms with van der Waals surface area (Å²) < 4.78 is 12.4. The minimum absolute atomic E-state index is 0. The fourth-order valence-corrected chi connectivity index (χ4v) is 0.571. The first-order valence-electron chi connectivity index (χ1n) is 2.54. The molecule has 0 fully saturated rings. The summed E-state index contributed by atoms with van der Waals surface area (Å²) in [5.74, 6) is -0.465. The molecule has 0 bridgehead atoms. The average molecular weight is 140 g/mol. The van der Waals surface area contributed by atoms with Crippen molar-refractivity contribution >= 4 is 6.29 Å². The van der Waals surface area contributed by atoms with Crippen LogP contribution in [0.25, 0.3) is 0 Å². The molecule has 0 atom stereocenters. The first-order chi connectivity index (χ1) is 4.34. The number of hydrogen-bond donors (Lipinski definition) is 0. The molecule has 0 aliphatic rings. The predicted molar refractivity (Wildman–Crippen MR) is 38.5 cm³/mol. The van der Waals surface area contributed by atoms with Gasteiger partial charge in [-0.25, -0.2) is 4.39 Å². The van der Waals surface area contributed by atoms with Gasteiger partial charge in [0.15, 0.2) is 6.29 Å². The van der Waals surface area contributed by atoms with Gasteiger partial charge in [0.1, 0.15) is 5.82 Å². The van der Waals surface area contributed by atoms with Gasteiger partial charge in [-0.3, -0.25) is 4.79 Å². The lowest BCUT2D eigenvalue weighted by atomic mass is 10.2. The zero-order valence-electron chi connectivity index (χ0n) is 4.67. The second kappa shape index (κ2) is 3.77. The molecular formula is C8H9FO. The molecule has 0 amide bonds. The fraction of sp³-hybridized carbons (Fsp3) is 0.125. The van der Waals surface area contributed by atoms with Crippen LogP contribution >= 0.6 is 0 Å². The molecule has 0 N–H and O–H groups in total. The summed E-state index contributed by atoms with van der Waals surface area (Å²) in [6.45, 7) is 0. The quantitative estimate of drug-likeness (QED) is 0.547. The highest BCUT2D eigenvalue weighted by atomic mass is 19.1. The third kappa shape index (κ3) is 1.65. The molecule has 1 rings (SSSR count). The molecule has 54 valence electrons. The molecule has 2 heteroatoms. The van der Waals surface area contributed by atoms with E-state index in [0.29, 0.717) is 6.29 Å². The number of rotatable bonds is 1. The summed E-state index contributed by atoms with van der Waals surface area (Å²) >= 11 is 0. The Kier molecular flexibility index (Phi) is 3.33. The first kappa shape index (κ1) is 8.82. The van der Waals surface area contributed by atoms with E-state index in [1.54, 1.807) is 12.1 Å². The summed E-state index contributed by atoms with van der Waals surface area (Å²) in [4.78, 5) is 9.99. The van der Waals surface area contributed by atoms with E-state index in [1.165, 1.54) is 12.1 Å². The van der Waals surface area contributed by atoms with Crippen LogP contribution in [0.5, 0.6) is 0 Å². The Morgan fingerprint density at radius 2 is 1.90 bits per heavy atom. The van der Waals surface area contributed by atoms with Crippen LogP contribution in [0.2, 0.25) is 0 Å². The second-order valence-electron chi connectivity index (χ2n) is 1.64. The van der Waals surface area contributed by atoms with Crippen molar-refractivity contribution in [2.45, 2.75) is 7.43 Å². The highest BCUT2D eigenvalue weighted by Crippen LogP contribution is 2.01. The van der Waals surface area contributed by atoms with Crippen LogP contribution in [-0.4, -0.2) is 6.29 Å². The summed E-state index contributed by atoms with van der Waals surface area (Å²) in [5.41, 5.74) is 0.109. The lowest BCUT2D eigenvalue weighted by molar-refractivity contribution is 0.112. The Hall–Kier alpha value is -1.18. The van der Waals surface area contributed by atoms with E-state index in [4.69, 9.17) is 0 Å². The topological polar surface area (TPSA) is 17.1 Å². The van der Waals surface area contributed by atoms with Crippen LogP contribution in [0.4, 0.5) is 4.39 Å². The molecule has 1 aromatic carbocycles. The zero-order valence-corrected chi connectivity index (χ0v) is 4.67. The smallest absolute Gasteiger partial charge is 0.152 e. The predicted octanol–water partition coefficient (Wildman–Crippen LogP) is 2.27. The summed E-state index contributed by atoms with van der Waals surface area (Å²) in [7, 11) is 0. The Labute approximate surface area is 59.5 Å². The van der Waals surface area contributed by atoms with Crippen molar-refractivity contribution in [1.29, 1.82) is 0 Å². The molecule has 0 spiro atoms. The lowest BCUT2D eigenvalue weighted by Gasteiger charge is -1.88. The monoisotopic (exact) mass is 140 g/mol. The minimum atomic E-state index is -0.465. The number of aldehydes is 1. The van der Waals surface area contributed by atoms with Crippen LogP contribution in [0.1, 0.15) is 17.8 Å². The van der Waals surface area contributed by atoms with Crippen molar-refractivity contribution in [3.8, 4) is 0 Å². The van der Waals surface area contributed by atoms with E-state index in [2.05, 4.69) is 0 Å². The molecule has 0 heterocycles. The molecular weight excluding hydrogens is 131 g/mol. The Bertz CT molecular complexity index is 220. The maximum absolute atomic E-state index is 12.4. The van der Waals surface area contributed by atoms with Crippen LogP contribution in [-0.2, 0) is 0 Å². The van der Waals surface area contributed by atoms with Gasteiger partial charge in [0.25, 0.3) is 0 Å². The Morgan fingerprint density at radius 1 is 1.30 bits per heavy atom. The van der Waals surface area contributed by atoms with Crippen LogP contribution in [0, 0.1) is 5.82 Å². The third-order valence-corrected chi connectivity index (χ3v) is 1.03. The summed E-state index contributed by atoms with van der Waals surface area (Å²) in [5, 5.41) is 0. The average Bonchev–Trinajstić information content (AvgIpc) is 1.89. The molecule has 0 saturated heterocycles. The number of carbonyl (C=O) groups is 1. The molecule has 0 aliphatic carbocycles. The molecule has 0 aliphatic heterocycles. The highest BCUT2D eigenvalue weighted by Gasteiger charge is 1.94. The van der Waals surface area contributed by atoms with Gasteiger partial charge in [-0.1, -0.05) is 19.6 Å². The van der Waals surface area contributed by atoms with Crippen molar-refractivity contribution in [2.75, 3.05) is 0 Å². The van der Waals surface area contributed by atoms with Crippen LogP contribution in [0.3, 0.4) is 0 Å². The van der Waals surface area contributed by atoms with Gasteiger partial charge in [0.2, 0.25) is 0 Å². The SMILES string of the molecule is C.O=Cc1ccccc1F. The van der Waals surface area contributed by atoms with Crippen molar-refractivity contribution in [3.63, 3.8) is 0 Å². The van der Waals surface area contributed by atoms with Crippen molar-refractivity contribution in [1.82, 2.24) is 0 Å². The van der Waals surface area contributed by atoms with Gasteiger partial charge in [-0.2, -0.15) is 0 Å². The molecule has 1 aromatic rings. The number of hydrogen-bond acceptors (Lipinski definition) is 1. The summed E-state index contributed by atoms with van der Waals surface area (Å²) in [6.07, 6.45) is 0.495. The van der Waals surface area contributed by atoms with Crippen LogP contribution < -0.4 is 0 Å². The molecule has 0 radical (unpaired) electrons. The fourth-order valence-electron chi connectivity index (χ4n) is 0.571. The standard InChI is InChI=1S/C7H5FO.CH4/c8-7-4-2-1-3-6(7)5-9;/h1-5H;1H4. The highest BCUT2D eigenvalue weighted by molar-refractivity contribution is 5.74. The maximum Gasteiger partial charge on any atom is 0.152 e. The first-order valence-corrected chi connectivity index (χ1v) is 2.54. The number of benzene rings is 1. The minimum Gasteiger partial charge on any atom is -0.298 e. The largest absolute Gasteiger partial charge is 0.298 e. The maximum atomic E-state index is 12.4. The Balaban J connectivity index is 0.000000810. The molecule has 0 aromatic heterocycles. The van der Waals surface area contributed by atoms with E-state index in [-0.39, 0.29) is 13.0 Å². The van der Waals surface area contributed by atoms with Gasteiger partial charge in [-0.05, 0) is 12.1 Å². The zero-order chi connectivity index (χ0) is 6.69. The summed E-state index contributed by atoms with van der Waals surface area (Å²) in [6, 6.07) is 5.85. The van der Waals surface area contributed by atoms with Crippen LogP contribution in [0.15, 0.2) is 24.3 Å². The molecule has 10 heavy (non-hydrogen) atoms.